The lowest BCUT2D eigenvalue weighted by atomic mass is 10.2. The third-order valence-corrected chi connectivity index (χ3v) is 5.33. The van der Waals surface area contributed by atoms with Crippen LogP contribution in [0.3, 0.4) is 0 Å². The summed E-state index contributed by atoms with van der Waals surface area (Å²) in [6.45, 7) is 2.57. The molecule has 2 heterocycles. The molecule has 0 saturated heterocycles. The van der Waals surface area contributed by atoms with E-state index >= 15 is 0 Å². The summed E-state index contributed by atoms with van der Waals surface area (Å²) in [6.07, 6.45) is 2.13. The first-order valence-electron chi connectivity index (χ1n) is 7.95. The molecule has 6 nitrogen and oxygen atoms in total. The van der Waals surface area contributed by atoms with E-state index in [4.69, 9.17) is 9.47 Å². The van der Waals surface area contributed by atoms with Gasteiger partial charge in [-0.25, -0.2) is 4.98 Å². The number of aliphatic carboxylic acids is 1. The molecular weight excluding hydrogens is 328 g/mol. The second-order valence-electron chi connectivity index (χ2n) is 6.13. The number of nitrogens with zero attached hydrogens (tertiary/aromatic N) is 2. The summed E-state index contributed by atoms with van der Waals surface area (Å²) in [4.78, 5) is 18.0. The Morgan fingerprint density at radius 1 is 1.42 bits per heavy atom. The Morgan fingerprint density at radius 2 is 2.21 bits per heavy atom. The Kier molecular flexibility index (Phi) is 3.90. The van der Waals surface area contributed by atoms with Crippen LogP contribution in [0, 0.1) is 0 Å². The maximum absolute atomic E-state index is 11.3. The maximum atomic E-state index is 11.3. The van der Waals surface area contributed by atoms with Crippen LogP contribution in [0.15, 0.2) is 23.6 Å². The third kappa shape index (κ3) is 2.97. The van der Waals surface area contributed by atoms with Crippen LogP contribution in [-0.2, 0) is 11.3 Å². The van der Waals surface area contributed by atoms with Crippen molar-refractivity contribution in [2.75, 3.05) is 6.79 Å². The second kappa shape index (κ2) is 6.07. The molecule has 1 aromatic heterocycles. The molecule has 24 heavy (non-hydrogen) atoms. The Labute approximate surface area is 143 Å². The number of hydrogen-bond acceptors (Lipinski definition) is 6. The zero-order valence-electron chi connectivity index (χ0n) is 13.3. The van der Waals surface area contributed by atoms with Crippen molar-refractivity contribution in [2.45, 2.75) is 38.4 Å². The molecule has 1 unspecified atom stereocenters. The summed E-state index contributed by atoms with van der Waals surface area (Å²) in [5, 5.41) is 12.2. The van der Waals surface area contributed by atoms with Crippen molar-refractivity contribution in [3.63, 3.8) is 0 Å². The van der Waals surface area contributed by atoms with Crippen molar-refractivity contribution in [3.05, 3.63) is 29.3 Å². The van der Waals surface area contributed by atoms with E-state index in [2.05, 4.69) is 4.98 Å². The summed E-state index contributed by atoms with van der Waals surface area (Å²) >= 11 is 1.56. The quantitative estimate of drug-likeness (QED) is 0.867. The molecule has 1 aliphatic carbocycles. The number of carboxylic acid groups (broad SMARTS) is 1. The highest BCUT2D eigenvalue weighted by atomic mass is 32.1. The predicted molar refractivity (Wildman–Crippen MR) is 89.3 cm³/mol. The van der Waals surface area contributed by atoms with Gasteiger partial charge in [0.2, 0.25) is 6.79 Å². The Morgan fingerprint density at radius 3 is 2.96 bits per heavy atom. The van der Waals surface area contributed by atoms with Crippen molar-refractivity contribution < 1.29 is 19.4 Å². The first-order chi connectivity index (χ1) is 11.6. The standard InChI is InChI=1S/C17H18N2O4S/c1-10(17(20)21)19(13-3-4-13)7-12-8-24-16(18-12)11-2-5-14-15(6-11)23-9-22-14/h2,5-6,8,10,13H,3-4,7,9H2,1H3,(H,20,21). The molecule has 1 aromatic carbocycles. The first kappa shape index (κ1) is 15.4. The zero-order valence-corrected chi connectivity index (χ0v) is 14.1. The summed E-state index contributed by atoms with van der Waals surface area (Å²) in [6, 6.07) is 5.67. The van der Waals surface area contributed by atoms with Gasteiger partial charge in [-0.05, 0) is 38.0 Å². The number of fused-ring (bicyclic) bond motifs is 1. The fourth-order valence-corrected chi connectivity index (χ4v) is 3.67. The topological polar surface area (TPSA) is 71.9 Å². The molecule has 0 bridgehead atoms. The lowest BCUT2D eigenvalue weighted by Gasteiger charge is -2.25. The van der Waals surface area contributed by atoms with E-state index in [1.165, 1.54) is 0 Å². The van der Waals surface area contributed by atoms with Gasteiger partial charge in [0, 0.05) is 23.5 Å². The second-order valence-corrected chi connectivity index (χ2v) is 6.99. The van der Waals surface area contributed by atoms with Gasteiger partial charge in [0.05, 0.1) is 5.69 Å². The number of thiazole rings is 1. The van der Waals surface area contributed by atoms with Gasteiger partial charge in [-0.15, -0.1) is 11.3 Å². The fraction of sp³-hybridized carbons (Fsp3) is 0.412. The molecule has 1 fully saturated rings. The number of benzene rings is 1. The minimum absolute atomic E-state index is 0.255. The van der Waals surface area contributed by atoms with E-state index in [1.54, 1.807) is 18.3 Å². The molecule has 0 amide bonds. The normalized spacial score (nSPS) is 17.2. The molecule has 2 aliphatic rings. The van der Waals surface area contributed by atoms with Gasteiger partial charge in [0.1, 0.15) is 11.0 Å². The van der Waals surface area contributed by atoms with Crippen LogP contribution in [0.5, 0.6) is 11.5 Å². The number of aromatic nitrogens is 1. The van der Waals surface area contributed by atoms with Gasteiger partial charge in [0.15, 0.2) is 11.5 Å². The average molecular weight is 346 g/mol. The average Bonchev–Trinajstić information content (AvgIpc) is 3.12. The lowest BCUT2D eigenvalue weighted by molar-refractivity contribution is -0.143. The van der Waals surface area contributed by atoms with Gasteiger partial charge in [-0.2, -0.15) is 0 Å². The van der Waals surface area contributed by atoms with E-state index < -0.39 is 12.0 Å². The smallest absolute Gasteiger partial charge is 0.320 e. The Bertz CT molecular complexity index is 772. The van der Waals surface area contributed by atoms with E-state index in [9.17, 15) is 9.90 Å². The van der Waals surface area contributed by atoms with Crippen LogP contribution in [0.25, 0.3) is 10.6 Å². The highest BCUT2D eigenvalue weighted by Gasteiger charge is 2.35. The van der Waals surface area contributed by atoms with E-state index in [0.29, 0.717) is 12.6 Å². The molecule has 4 rings (SSSR count). The van der Waals surface area contributed by atoms with Gasteiger partial charge in [0.25, 0.3) is 0 Å². The summed E-state index contributed by atoms with van der Waals surface area (Å²) in [5.74, 6) is 0.710. The van der Waals surface area contributed by atoms with Crippen molar-refractivity contribution in [3.8, 4) is 22.1 Å². The zero-order chi connectivity index (χ0) is 16.7. The minimum Gasteiger partial charge on any atom is -0.480 e. The SMILES string of the molecule is CC(C(=O)O)N(Cc1csc(-c2ccc3c(c2)OCO3)n1)C1CC1. The number of rotatable bonds is 6. The Balaban J connectivity index is 1.53. The van der Waals surface area contributed by atoms with Crippen LogP contribution in [0.1, 0.15) is 25.5 Å². The first-order valence-corrected chi connectivity index (χ1v) is 8.83. The molecule has 1 aliphatic heterocycles. The molecule has 1 atom stereocenters. The van der Waals surface area contributed by atoms with E-state index in [1.807, 2.05) is 28.5 Å². The lowest BCUT2D eigenvalue weighted by Crippen LogP contribution is -2.40. The molecule has 2 aromatic rings. The van der Waals surface area contributed by atoms with Crippen molar-refractivity contribution in [2.24, 2.45) is 0 Å². The largest absolute Gasteiger partial charge is 0.480 e. The van der Waals surface area contributed by atoms with Gasteiger partial charge >= 0.3 is 5.97 Å². The molecule has 1 saturated carbocycles. The molecule has 126 valence electrons. The molecule has 1 N–H and O–H groups in total. The predicted octanol–water partition coefficient (Wildman–Crippen LogP) is 2.98. The highest BCUT2D eigenvalue weighted by molar-refractivity contribution is 7.13. The van der Waals surface area contributed by atoms with Crippen molar-refractivity contribution >= 4 is 17.3 Å². The van der Waals surface area contributed by atoms with Crippen LogP contribution in [-0.4, -0.2) is 39.8 Å². The molecular formula is C17H18N2O4S. The highest BCUT2D eigenvalue weighted by Crippen LogP contribution is 2.37. The van der Waals surface area contributed by atoms with Crippen LogP contribution in [0.4, 0.5) is 0 Å². The van der Waals surface area contributed by atoms with Crippen LogP contribution in [0.2, 0.25) is 0 Å². The van der Waals surface area contributed by atoms with Gasteiger partial charge in [-0.3, -0.25) is 9.69 Å². The minimum atomic E-state index is -0.784. The number of carbonyl (C=O) groups is 1. The number of carboxylic acids is 1. The monoisotopic (exact) mass is 346 g/mol. The van der Waals surface area contributed by atoms with Gasteiger partial charge in [-0.1, -0.05) is 0 Å². The van der Waals surface area contributed by atoms with Gasteiger partial charge < -0.3 is 14.6 Å². The summed E-state index contributed by atoms with van der Waals surface area (Å²) in [5.41, 5.74) is 1.90. The van der Waals surface area contributed by atoms with E-state index in [-0.39, 0.29) is 6.79 Å². The van der Waals surface area contributed by atoms with E-state index in [0.717, 1.165) is 40.6 Å². The molecule has 0 spiro atoms. The van der Waals surface area contributed by atoms with Crippen molar-refractivity contribution in [1.82, 2.24) is 9.88 Å². The fourth-order valence-electron chi connectivity index (χ4n) is 2.86. The van der Waals surface area contributed by atoms with Crippen molar-refractivity contribution in [1.29, 1.82) is 0 Å². The third-order valence-electron chi connectivity index (χ3n) is 4.39. The number of hydrogen-bond donors (Lipinski definition) is 1. The summed E-state index contributed by atoms with van der Waals surface area (Å²) in [7, 11) is 0. The number of ether oxygens (including phenoxy) is 2. The maximum Gasteiger partial charge on any atom is 0.320 e. The van der Waals surface area contributed by atoms with Crippen LogP contribution >= 0.6 is 11.3 Å². The van der Waals surface area contributed by atoms with Crippen LogP contribution < -0.4 is 9.47 Å². The Hall–Kier alpha value is -2.12. The molecule has 0 radical (unpaired) electrons. The molecule has 7 heteroatoms. The summed E-state index contributed by atoms with van der Waals surface area (Å²) < 4.78 is 10.7.